The minimum absolute atomic E-state index is 0.0771. The summed E-state index contributed by atoms with van der Waals surface area (Å²) in [5.74, 6) is 0.0771. The van der Waals surface area contributed by atoms with Crippen LogP contribution in [0, 0.1) is 13.8 Å². The predicted molar refractivity (Wildman–Crippen MR) is 70.4 cm³/mol. The summed E-state index contributed by atoms with van der Waals surface area (Å²) in [7, 11) is 1.65. The molecule has 18 heavy (non-hydrogen) atoms. The topological polar surface area (TPSA) is 47.4 Å². The van der Waals surface area contributed by atoms with E-state index in [1.165, 1.54) is 0 Å². The molecule has 0 aromatic carbocycles. The second-order valence-electron chi connectivity index (χ2n) is 4.57. The van der Waals surface area contributed by atoms with Crippen molar-refractivity contribution >= 4 is 5.91 Å². The highest BCUT2D eigenvalue weighted by Crippen LogP contribution is 2.05. The van der Waals surface area contributed by atoms with Crippen LogP contribution in [-0.2, 0) is 16.1 Å². The lowest BCUT2D eigenvalue weighted by atomic mass is 10.3. The van der Waals surface area contributed by atoms with Gasteiger partial charge < -0.3 is 9.64 Å². The molecule has 0 radical (unpaired) electrons. The SMILES string of the molecule is CCN(C(=O)Cn1nc(C)cc1C)[C@@H](C)COC. The molecule has 0 saturated carbocycles. The van der Waals surface area contributed by atoms with E-state index in [4.69, 9.17) is 4.74 Å². The molecule has 0 saturated heterocycles. The van der Waals surface area contributed by atoms with Crippen LogP contribution >= 0.6 is 0 Å². The third kappa shape index (κ3) is 3.57. The number of carbonyl (C=O) groups excluding carboxylic acids is 1. The lowest BCUT2D eigenvalue weighted by Crippen LogP contribution is -2.42. The molecular weight excluding hydrogens is 230 g/mol. The third-order valence-corrected chi connectivity index (χ3v) is 2.99. The number of aryl methyl sites for hydroxylation is 2. The summed E-state index contributed by atoms with van der Waals surface area (Å²) in [4.78, 5) is 14.1. The van der Waals surface area contributed by atoms with Gasteiger partial charge >= 0.3 is 0 Å². The van der Waals surface area contributed by atoms with Crippen LogP contribution in [0.25, 0.3) is 0 Å². The molecule has 1 atom stereocenters. The predicted octanol–water partition coefficient (Wildman–Crippen LogP) is 1.38. The van der Waals surface area contributed by atoms with Gasteiger partial charge in [0.05, 0.1) is 18.3 Å². The lowest BCUT2D eigenvalue weighted by molar-refractivity contribution is -0.134. The zero-order valence-corrected chi connectivity index (χ0v) is 11.9. The summed E-state index contributed by atoms with van der Waals surface area (Å²) in [6, 6.07) is 2.06. The summed E-state index contributed by atoms with van der Waals surface area (Å²) in [5, 5.41) is 4.31. The van der Waals surface area contributed by atoms with Crippen molar-refractivity contribution in [3.63, 3.8) is 0 Å². The van der Waals surface area contributed by atoms with Gasteiger partial charge in [0.25, 0.3) is 0 Å². The smallest absolute Gasteiger partial charge is 0.244 e. The first-order valence-corrected chi connectivity index (χ1v) is 6.29. The minimum Gasteiger partial charge on any atom is -0.383 e. The van der Waals surface area contributed by atoms with Crippen molar-refractivity contribution in [1.29, 1.82) is 0 Å². The van der Waals surface area contributed by atoms with E-state index in [1.54, 1.807) is 11.8 Å². The summed E-state index contributed by atoms with van der Waals surface area (Å²) < 4.78 is 6.85. The van der Waals surface area contributed by atoms with Gasteiger partial charge in [0.2, 0.25) is 5.91 Å². The highest BCUT2D eigenvalue weighted by molar-refractivity contribution is 5.76. The second kappa shape index (κ2) is 6.54. The molecular formula is C13H23N3O2. The van der Waals surface area contributed by atoms with Gasteiger partial charge in [-0.2, -0.15) is 5.10 Å². The molecule has 0 aliphatic carbocycles. The number of likely N-dealkylation sites (N-methyl/N-ethyl adjacent to an activating group) is 1. The average molecular weight is 253 g/mol. The molecule has 0 aliphatic heterocycles. The maximum absolute atomic E-state index is 12.2. The van der Waals surface area contributed by atoms with Gasteiger partial charge in [0, 0.05) is 19.3 Å². The van der Waals surface area contributed by atoms with Crippen LogP contribution in [0.1, 0.15) is 25.2 Å². The normalized spacial score (nSPS) is 12.5. The molecule has 0 N–H and O–H groups in total. The third-order valence-electron chi connectivity index (χ3n) is 2.99. The Balaban J connectivity index is 2.70. The fourth-order valence-electron chi connectivity index (χ4n) is 2.12. The van der Waals surface area contributed by atoms with Crippen LogP contribution in [-0.4, -0.2) is 46.9 Å². The number of hydrogen-bond acceptors (Lipinski definition) is 3. The van der Waals surface area contributed by atoms with Gasteiger partial charge in [-0.25, -0.2) is 0 Å². The van der Waals surface area contributed by atoms with E-state index in [0.717, 1.165) is 11.4 Å². The molecule has 1 heterocycles. The number of ether oxygens (including phenoxy) is 1. The molecule has 0 unspecified atom stereocenters. The van der Waals surface area contributed by atoms with E-state index in [-0.39, 0.29) is 11.9 Å². The Hall–Kier alpha value is -1.36. The van der Waals surface area contributed by atoms with Crippen molar-refractivity contribution in [3.8, 4) is 0 Å². The summed E-state index contributed by atoms with van der Waals surface area (Å²) in [6.45, 7) is 9.39. The molecule has 102 valence electrons. The van der Waals surface area contributed by atoms with Gasteiger partial charge in [-0.15, -0.1) is 0 Å². The lowest BCUT2D eigenvalue weighted by Gasteiger charge is -2.27. The average Bonchev–Trinajstić information content (AvgIpc) is 2.58. The molecule has 5 nitrogen and oxygen atoms in total. The molecule has 0 fully saturated rings. The van der Waals surface area contributed by atoms with E-state index in [0.29, 0.717) is 19.7 Å². The molecule has 0 aliphatic rings. The number of nitrogens with zero attached hydrogens (tertiary/aromatic N) is 3. The molecule has 0 bridgehead atoms. The first-order valence-electron chi connectivity index (χ1n) is 6.29. The van der Waals surface area contributed by atoms with Crippen LogP contribution in [0.15, 0.2) is 6.07 Å². The Morgan fingerprint density at radius 3 is 2.67 bits per heavy atom. The molecule has 1 aromatic rings. The van der Waals surface area contributed by atoms with Crippen LogP contribution in [0.5, 0.6) is 0 Å². The number of aromatic nitrogens is 2. The van der Waals surface area contributed by atoms with Gasteiger partial charge in [-0.3, -0.25) is 9.48 Å². The molecule has 1 aromatic heterocycles. The van der Waals surface area contributed by atoms with E-state index in [1.807, 2.05) is 38.7 Å². The Kier molecular flexibility index (Phi) is 5.34. The van der Waals surface area contributed by atoms with Gasteiger partial charge in [-0.05, 0) is 33.8 Å². The van der Waals surface area contributed by atoms with Crippen LogP contribution in [0.2, 0.25) is 0 Å². The summed E-state index contributed by atoms with van der Waals surface area (Å²) >= 11 is 0. The Morgan fingerprint density at radius 2 is 2.22 bits per heavy atom. The van der Waals surface area contributed by atoms with E-state index < -0.39 is 0 Å². The van der Waals surface area contributed by atoms with Crippen LogP contribution < -0.4 is 0 Å². The molecule has 0 spiro atoms. The first kappa shape index (κ1) is 14.7. The van der Waals surface area contributed by atoms with E-state index in [2.05, 4.69) is 5.10 Å². The highest BCUT2D eigenvalue weighted by atomic mass is 16.5. The highest BCUT2D eigenvalue weighted by Gasteiger charge is 2.19. The van der Waals surface area contributed by atoms with E-state index >= 15 is 0 Å². The zero-order chi connectivity index (χ0) is 13.7. The Morgan fingerprint density at radius 1 is 1.56 bits per heavy atom. The van der Waals surface area contributed by atoms with Crippen molar-refractivity contribution < 1.29 is 9.53 Å². The number of methoxy groups -OCH3 is 1. The van der Waals surface area contributed by atoms with Crippen LogP contribution in [0.4, 0.5) is 0 Å². The van der Waals surface area contributed by atoms with Crippen molar-refractivity contribution in [2.75, 3.05) is 20.3 Å². The summed E-state index contributed by atoms with van der Waals surface area (Å²) in [5.41, 5.74) is 1.95. The summed E-state index contributed by atoms with van der Waals surface area (Å²) in [6.07, 6.45) is 0. The van der Waals surface area contributed by atoms with Crippen molar-refractivity contribution in [3.05, 3.63) is 17.5 Å². The van der Waals surface area contributed by atoms with Crippen molar-refractivity contribution in [2.24, 2.45) is 0 Å². The second-order valence-corrected chi connectivity index (χ2v) is 4.57. The van der Waals surface area contributed by atoms with E-state index in [9.17, 15) is 4.79 Å². The minimum atomic E-state index is 0.0771. The number of amides is 1. The van der Waals surface area contributed by atoms with Crippen molar-refractivity contribution in [2.45, 2.75) is 40.3 Å². The fraction of sp³-hybridized carbons (Fsp3) is 0.692. The van der Waals surface area contributed by atoms with Crippen molar-refractivity contribution in [1.82, 2.24) is 14.7 Å². The number of rotatable bonds is 6. The maximum Gasteiger partial charge on any atom is 0.244 e. The standard InChI is InChI=1S/C13H23N3O2/c1-6-15(12(4)9-18-5)13(17)8-16-11(3)7-10(2)14-16/h7,12H,6,8-9H2,1-5H3/t12-/m0/s1. The monoisotopic (exact) mass is 253 g/mol. The molecule has 1 amide bonds. The van der Waals surface area contributed by atoms with Gasteiger partial charge in [0.15, 0.2) is 0 Å². The fourth-order valence-corrected chi connectivity index (χ4v) is 2.12. The zero-order valence-electron chi connectivity index (χ0n) is 11.9. The molecule has 5 heteroatoms. The quantitative estimate of drug-likeness (QED) is 0.769. The maximum atomic E-state index is 12.2. The van der Waals surface area contributed by atoms with Crippen LogP contribution in [0.3, 0.4) is 0 Å². The Bertz CT molecular complexity index is 401. The largest absolute Gasteiger partial charge is 0.383 e. The van der Waals surface area contributed by atoms with Gasteiger partial charge in [0.1, 0.15) is 6.54 Å². The number of hydrogen-bond donors (Lipinski definition) is 0. The molecule has 1 rings (SSSR count). The first-order chi connectivity index (χ1) is 8.49. The van der Waals surface area contributed by atoms with Gasteiger partial charge in [-0.1, -0.05) is 0 Å². The Labute approximate surface area is 109 Å². The number of carbonyl (C=O) groups is 1.